The number of amides is 1. The Hall–Kier alpha value is -2.95. The largest absolute Gasteiger partial charge is 0.454 e. The molecule has 1 aliphatic carbocycles. The van der Waals surface area contributed by atoms with Crippen LogP contribution in [0.2, 0.25) is 0 Å². The van der Waals surface area contributed by atoms with E-state index in [2.05, 4.69) is 49.3 Å². The number of aromatic nitrogens is 1. The average Bonchev–Trinajstić information content (AvgIpc) is 3.15. The van der Waals surface area contributed by atoms with Crippen molar-refractivity contribution in [2.24, 2.45) is 0 Å². The van der Waals surface area contributed by atoms with E-state index in [-0.39, 0.29) is 19.5 Å². The van der Waals surface area contributed by atoms with Crippen LogP contribution in [0.5, 0.6) is 11.5 Å². The molecular weight excluding hydrogens is 364 g/mol. The number of nitrogens with one attached hydrogen (secondary N) is 2. The molecule has 5 rings (SSSR count). The van der Waals surface area contributed by atoms with Gasteiger partial charge >= 0.3 is 0 Å². The van der Waals surface area contributed by atoms with Crippen LogP contribution in [0.4, 0.5) is 5.69 Å². The topological polar surface area (TPSA) is 63.4 Å². The van der Waals surface area contributed by atoms with Gasteiger partial charge in [-0.05, 0) is 61.2 Å². The number of carbonyl (C=O) groups is 1. The lowest BCUT2D eigenvalue weighted by Crippen LogP contribution is -2.28. The molecule has 0 atom stereocenters. The van der Waals surface area contributed by atoms with E-state index in [4.69, 9.17) is 9.47 Å². The lowest BCUT2D eigenvalue weighted by Gasteiger charge is -2.17. The monoisotopic (exact) mass is 392 g/mol. The van der Waals surface area contributed by atoms with Crippen LogP contribution in [0.15, 0.2) is 36.4 Å². The van der Waals surface area contributed by atoms with Crippen LogP contribution in [0.25, 0.3) is 10.9 Å². The molecule has 29 heavy (non-hydrogen) atoms. The molecule has 0 spiro atoms. The number of anilines is 1. The molecular formula is C24H28N2O3. The molecule has 2 aliphatic rings. The van der Waals surface area contributed by atoms with E-state index < -0.39 is 5.41 Å². The minimum Gasteiger partial charge on any atom is -0.454 e. The van der Waals surface area contributed by atoms with Crippen LogP contribution in [-0.4, -0.2) is 17.7 Å². The zero-order chi connectivity index (χ0) is 20.4. The molecule has 1 saturated carbocycles. The molecule has 1 amide bonds. The summed E-state index contributed by atoms with van der Waals surface area (Å²) >= 11 is 0. The quantitative estimate of drug-likeness (QED) is 0.626. The third-order valence-corrected chi connectivity index (χ3v) is 6.13. The van der Waals surface area contributed by atoms with Crippen LogP contribution in [0.1, 0.15) is 51.9 Å². The number of carbonyl (C=O) groups excluding carboxylic acids is 1. The minimum atomic E-state index is -0.475. The zero-order valence-electron chi connectivity index (χ0n) is 17.3. The third kappa shape index (κ3) is 2.96. The Labute approximate surface area is 171 Å². The van der Waals surface area contributed by atoms with Gasteiger partial charge in [0.25, 0.3) is 0 Å². The summed E-state index contributed by atoms with van der Waals surface area (Å²) in [5.41, 5.74) is 4.78. The first kappa shape index (κ1) is 18.1. The number of hydrogen-bond acceptors (Lipinski definition) is 3. The highest BCUT2D eigenvalue weighted by Gasteiger charge is 2.51. The van der Waals surface area contributed by atoms with Crippen LogP contribution >= 0.6 is 0 Å². The molecule has 5 nitrogen and oxygen atoms in total. The molecule has 1 fully saturated rings. The van der Waals surface area contributed by atoms with Crippen LogP contribution < -0.4 is 14.8 Å². The zero-order valence-corrected chi connectivity index (χ0v) is 17.3. The van der Waals surface area contributed by atoms with Gasteiger partial charge in [-0.25, -0.2) is 0 Å². The molecule has 0 unspecified atom stereocenters. The van der Waals surface area contributed by atoms with Crippen molar-refractivity contribution >= 4 is 22.5 Å². The van der Waals surface area contributed by atoms with E-state index in [0.717, 1.165) is 52.1 Å². The highest BCUT2D eigenvalue weighted by atomic mass is 16.7. The maximum Gasteiger partial charge on any atom is 0.235 e. The summed E-state index contributed by atoms with van der Waals surface area (Å²) in [6.45, 7) is 8.84. The Bertz CT molecular complexity index is 1140. The SMILES string of the molecule is Cc1cc2[nH]c(C(C)(C)C)cc2cc1NC(=O)C1(c2ccc3c(c2)OCO3)CC1.[HH]. The van der Waals surface area contributed by atoms with Gasteiger partial charge in [0, 0.05) is 29.1 Å². The first-order valence-corrected chi connectivity index (χ1v) is 10.1. The molecule has 0 bridgehead atoms. The molecule has 3 aromatic rings. The Morgan fingerprint density at radius 1 is 1.10 bits per heavy atom. The Balaban J connectivity index is 0.00000218. The van der Waals surface area contributed by atoms with Crippen LogP contribution in [0, 0.1) is 6.92 Å². The van der Waals surface area contributed by atoms with Gasteiger partial charge in [0.1, 0.15) is 0 Å². The van der Waals surface area contributed by atoms with Crippen molar-refractivity contribution < 1.29 is 15.7 Å². The van der Waals surface area contributed by atoms with Crippen molar-refractivity contribution in [3.05, 3.63) is 53.2 Å². The number of fused-ring (bicyclic) bond motifs is 2. The minimum absolute atomic E-state index is 0. The van der Waals surface area contributed by atoms with Gasteiger partial charge in [0.2, 0.25) is 12.7 Å². The van der Waals surface area contributed by atoms with Crippen molar-refractivity contribution in [2.75, 3.05) is 12.1 Å². The standard InChI is InChI=1S/C24H26N2O3.H2/c1-14-9-18-15(11-21(25-18)23(2,3)4)10-17(14)26-22(27)24(7-8-24)16-5-6-19-20(12-16)29-13-28-19;/h5-6,9-12,25H,7-8,13H2,1-4H3,(H,26,27);1H. The maximum atomic E-state index is 13.3. The van der Waals surface area contributed by atoms with Crippen molar-refractivity contribution in [1.82, 2.24) is 4.98 Å². The van der Waals surface area contributed by atoms with Crippen molar-refractivity contribution in [3.8, 4) is 11.5 Å². The van der Waals surface area contributed by atoms with Crippen molar-refractivity contribution in [1.29, 1.82) is 0 Å². The maximum absolute atomic E-state index is 13.3. The molecule has 1 aliphatic heterocycles. The summed E-state index contributed by atoms with van der Waals surface area (Å²) in [6.07, 6.45) is 1.69. The normalized spacial score (nSPS) is 16.8. The summed E-state index contributed by atoms with van der Waals surface area (Å²) in [5, 5.41) is 4.31. The van der Waals surface area contributed by atoms with E-state index in [0.29, 0.717) is 0 Å². The summed E-state index contributed by atoms with van der Waals surface area (Å²) in [6, 6.07) is 12.2. The second kappa shape index (κ2) is 6.02. The predicted molar refractivity (Wildman–Crippen MR) is 116 cm³/mol. The second-order valence-electron chi connectivity index (χ2n) is 9.29. The Morgan fingerprint density at radius 2 is 1.86 bits per heavy atom. The number of ether oxygens (including phenoxy) is 2. The summed E-state index contributed by atoms with van der Waals surface area (Å²) < 4.78 is 10.9. The van der Waals surface area contributed by atoms with Gasteiger partial charge in [-0.15, -0.1) is 0 Å². The molecule has 0 saturated heterocycles. The Morgan fingerprint density at radius 3 is 2.59 bits per heavy atom. The predicted octanol–water partition coefficient (Wildman–Crippen LogP) is 5.42. The van der Waals surface area contributed by atoms with E-state index >= 15 is 0 Å². The van der Waals surface area contributed by atoms with E-state index in [1.54, 1.807) is 0 Å². The molecule has 152 valence electrons. The first-order chi connectivity index (χ1) is 13.8. The second-order valence-corrected chi connectivity index (χ2v) is 9.29. The highest BCUT2D eigenvalue weighted by molar-refractivity contribution is 6.03. The van der Waals surface area contributed by atoms with Gasteiger partial charge in [0.15, 0.2) is 11.5 Å². The van der Waals surface area contributed by atoms with Crippen LogP contribution in [0.3, 0.4) is 0 Å². The van der Waals surface area contributed by atoms with Gasteiger partial charge in [-0.1, -0.05) is 26.8 Å². The number of H-pyrrole nitrogens is 1. The van der Waals surface area contributed by atoms with E-state index in [9.17, 15) is 4.79 Å². The lowest BCUT2D eigenvalue weighted by atomic mass is 9.92. The summed E-state index contributed by atoms with van der Waals surface area (Å²) in [5.74, 6) is 1.51. The summed E-state index contributed by atoms with van der Waals surface area (Å²) in [7, 11) is 0. The molecule has 0 radical (unpaired) electrons. The first-order valence-electron chi connectivity index (χ1n) is 10.1. The van der Waals surface area contributed by atoms with E-state index in [1.165, 1.54) is 5.69 Å². The fraction of sp³-hybridized carbons (Fsp3) is 0.375. The van der Waals surface area contributed by atoms with E-state index in [1.807, 2.05) is 25.1 Å². The number of aromatic amines is 1. The highest BCUT2D eigenvalue weighted by Crippen LogP contribution is 2.51. The number of rotatable bonds is 3. The molecule has 2 aromatic carbocycles. The Kier molecular flexibility index (Phi) is 3.76. The molecule has 2 heterocycles. The van der Waals surface area contributed by atoms with Crippen molar-refractivity contribution in [2.45, 2.75) is 51.4 Å². The lowest BCUT2D eigenvalue weighted by molar-refractivity contribution is -0.118. The average molecular weight is 392 g/mol. The van der Waals surface area contributed by atoms with Gasteiger partial charge < -0.3 is 19.8 Å². The van der Waals surface area contributed by atoms with Gasteiger partial charge in [-0.2, -0.15) is 0 Å². The number of hydrogen-bond donors (Lipinski definition) is 2. The smallest absolute Gasteiger partial charge is 0.235 e. The molecule has 5 heteroatoms. The number of aryl methyl sites for hydroxylation is 1. The molecule has 1 aromatic heterocycles. The summed E-state index contributed by atoms with van der Waals surface area (Å²) in [4.78, 5) is 16.8. The fourth-order valence-corrected chi connectivity index (χ4v) is 4.04. The van der Waals surface area contributed by atoms with Crippen molar-refractivity contribution in [3.63, 3.8) is 0 Å². The van der Waals surface area contributed by atoms with Gasteiger partial charge in [-0.3, -0.25) is 4.79 Å². The molecule has 2 N–H and O–H groups in total. The third-order valence-electron chi connectivity index (χ3n) is 6.13. The van der Waals surface area contributed by atoms with Gasteiger partial charge in [0.05, 0.1) is 5.41 Å². The van der Waals surface area contributed by atoms with Crippen LogP contribution in [-0.2, 0) is 15.6 Å². The number of benzene rings is 2. The fourth-order valence-electron chi connectivity index (χ4n) is 4.04.